The number of carboxylic acids is 1. The smallest absolute Gasteiger partial charge is 0.364 e. The van der Waals surface area contributed by atoms with Gasteiger partial charge in [-0.15, -0.1) is 0 Å². The monoisotopic (exact) mass is 307 g/mol. The van der Waals surface area contributed by atoms with Gasteiger partial charge in [-0.2, -0.15) is 0 Å². The van der Waals surface area contributed by atoms with E-state index in [0.717, 1.165) is 6.92 Å². The molecule has 0 radical (unpaired) electrons. The summed E-state index contributed by atoms with van der Waals surface area (Å²) in [5.74, 6) is -6.29. The van der Waals surface area contributed by atoms with Gasteiger partial charge >= 0.3 is 5.97 Å². The molecule has 1 aliphatic heterocycles. The van der Waals surface area contributed by atoms with Crippen LogP contribution in [-0.4, -0.2) is 79.9 Å². The number of aliphatic carboxylic acids is 1. The molecule has 0 aromatic carbocycles. The number of hydrogen-bond acceptors (Lipinski definition) is 8. The number of carbonyl (C=O) groups is 3. The first kappa shape index (κ1) is 17.5. The fraction of sp³-hybridized carbons (Fsp3) is 0.727. The van der Waals surface area contributed by atoms with E-state index in [-0.39, 0.29) is 0 Å². The molecule has 120 valence electrons. The van der Waals surface area contributed by atoms with Crippen molar-refractivity contribution in [2.24, 2.45) is 0 Å². The Kier molecular flexibility index (Phi) is 5.36. The van der Waals surface area contributed by atoms with Crippen LogP contribution in [0.15, 0.2) is 0 Å². The molecule has 0 spiro atoms. The first-order valence-electron chi connectivity index (χ1n) is 6.02. The van der Waals surface area contributed by atoms with Crippen molar-refractivity contribution in [3.05, 3.63) is 0 Å². The van der Waals surface area contributed by atoms with Crippen molar-refractivity contribution in [1.82, 2.24) is 5.32 Å². The number of Topliss-reactive ketones (excluding diaryl/α,β-unsaturated/α-hetero) is 1. The van der Waals surface area contributed by atoms with Crippen LogP contribution in [0.3, 0.4) is 0 Å². The number of amides is 1. The van der Waals surface area contributed by atoms with Crippen LogP contribution in [0, 0.1) is 0 Å². The Morgan fingerprint density at radius 1 is 1.48 bits per heavy atom. The Balaban J connectivity index is 3.10. The van der Waals surface area contributed by atoms with Crippen LogP contribution in [0.1, 0.15) is 13.3 Å². The van der Waals surface area contributed by atoms with Crippen molar-refractivity contribution in [2.75, 3.05) is 6.61 Å². The maximum atomic E-state index is 11.9. The predicted molar refractivity (Wildman–Crippen MR) is 63.8 cm³/mol. The molecule has 0 unspecified atom stereocenters. The molecule has 1 rings (SSSR count). The van der Waals surface area contributed by atoms with Gasteiger partial charge in [0, 0.05) is 6.92 Å². The zero-order valence-electron chi connectivity index (χ0n) is 11.1. The summed E-state index contributed by atoms with van der Waals surface area (Å²) in [6, 6.07) is -1.46. The molecular weight excluding hydrogens is 290 g/mol. The molecule has 0 bridgehead atoms. The Labute approximate surface area is 119 Å². The van der Waals surface area contributed by atoms with E-state index in [1.165, 1.54) is 0 Å². The van der Waals surface area contributed by atoms with Gasteiger partial charge < -0.3 is 35.6 Å². The van der Waals surface area contributed by atoms with Crippen LogP contribution >= 0.6 is 0 Å². The summed E-state index contributed by atoms with van der Waals surface area (Å²) in [5.41, 5.74) is 0. The van der Waals surface area contributed by atoms with Gasteiger partial charge in [0.2, 0.25) is 5.91 Å². The van der Waals surface area contributed by atoms with Gasteiger partial charge in [0.05, 0.1) is 13.0 Å². The van der Waals surface area contributed by atoms with Crippen LogP contribution in [0.4, 0.5) is 0 Å². The Morgan fingerprint density at radius 3 is 2.48 bits per heavy atom. The minimum Gasteiger partial charge on any atom is -0.477 e. The lowest BCUT2D eigenvalue weighted by Crippen LogP contribution is -2.65. The van der Waals surface area contributed by atoms with Crippen molar-refractivity contribution in [3.63, 3.8) is 0 Å². The van der Waals surface area contributed by atoms with Crippen molar-refractivity contribution in [3.8, 4) is 0 Å². The summed E-state index contributed by atoms with van der Waals surface area (Å²) in [6.07, 6.45) is -6.33. The van der Waals surface area contributed by atoms with Crippen LogP contribution in [0.5, 0.6) is 0 Å². The summed E-state index contributed by atoms with van der Waals surface area (Å²) in [5, 5.41) is 48.8. The maximum absolute atomic E-state index is 11.9. The third-order valence-corrected chi connectivity index (χ3v) is 3.03. The molecule has 10 heteroatoms. The summed E-state index contributed by atoms with van der Waals surface area (Å²) in [6.45, 7) is 0.185. The molecule has 10 nitrogen and oxygen atoms in total. The van der Waals surface area contributed by atoms with E-state index in [0.29, 0.717) is 0 Å². The Morgan fingerprint density at radius 2 is 2.05 bits per heavy atom. The average molecular weight is 307 g/mol. The fourth-order valence-electron chi connectivity index (χ4n) is 1.97. The fourth-order valence-corrected chi connectivity index (χ4v) is 1.97. The molecule has 0 aromatic rings. The third kappa shape index (κ3) is 3.74. The van der Waals surface area contributed by atoms with Gasteiger partial charge in [-0.25, -0.2) is 4.79 Å². The molecule has 6 N–H and O–H groups in total. The zero-order chi connectivity index (χ0) is 16.4. The second-order valence-corrected chi connectivity index (χ2v) is 4.73. The zero-order valence-corrected chi connectivity index (χ0v) is 11.1. The van der Waals surface area contributed by atoms with Crippen molar-refractivity contribution in [2.45, 2.75) is 43.5 Å². The first-order chi connectivity index (χ1) is 9.62. The standard InChI is InChI=1S/C11H17NO9/c1-4(14)12-7-5(15)2-11(20,10(18)19)21-9(7)8(17)6(16)3-13/h6-9,13,16-17,20H,2-3H2,1H3,(H,12,14)(H,18,19)/t6-,7-,8-,9-,11-/m1/s1. The van der Waals surface area contributed by atoms with E-state index in [1.807, 2.05) is 0 Å². The van der Waals surface area contributed by atoms with Crippen LogP contribution in [0.2, 0.25) is 0 Å². The molecule has 1 amide bonds. The molecular formula is C11H17NO9. The van der Waals surface area contributed by atoms with Gasteiger partial charge in [-0.05, 0) is 0 Å². The van der Waals surface area contributed by atoms with Gasteiger partial charge in [-0.1, -0.05) is 0 Å². The minimum absolute atomic E-state index is 0.659. The van der Waals surface area contributed by atoms with E-state index in [2.05, 4.69) is 5.32 Å². The molecule has 1 saturated heterocycles. The number of aliphatic hydroxyl groups is 4. The molecule has 0 saturated carbocycles. The SMILES string of the molecule is CC(=O)N[C@@H]1C(=O)C[C@](O)(C(=O)O)O[C@H]1[C@H](O)[C@H](O)CO. The van der Waals surface area contributed by atoms with Crippen LogP contribution < -0.4 is 5.32 Å². The highest BCUT2D eigenvalue weighted by Gasteiger charge is 2.53. The molecule has 1 fully saturated rings. The molecule has 21 heavy (non-hydrogen) atoms. The maximum Gasteiger partial charge on any atom is 0.364 e. The lowest BCUT2D eigenvalue weighted by atomic mass is 9.90. The highest BCUT2D eigenvalue weighted by Crippen LogP contribution is 2.28. The lowest BCUT2D eigenvalue weighted by Gasteiger charge is -2.41. The second kappa shape index (κ2) is 6.45. The summed E-state index contributed by atoms with van der Waals surface area (Å²) < 4.78 is 4.80. The van der Waals surface area contributed by atoms with Gasteiger partial charge in [0.1, 0.15) is 24.4 Å². The number of ketones is 1. The number of carbonyl (C=O) groups excluding carboxylic acids is 2. The van der Waals surface area contributed by atoms with E-state index < -0.39 is 60.8 Å². The number of nitrogens with one attached hydrogen (secondary N) is 1. The van der Waals surface area contributed by atoms with E-state index in [9.17, 15) is 29.7 Å². The highest BCUT2D eigenvalue weighted by atomic mass is 16.7. The number of rotatable bonds is 5. The third-order valence-electron chi connectivity index (χ3n) is 3.03. The molecule has 5 atom stereocenters. The average Bonchev–Trinajstić information content (AvgIpc) is 2.39. The second-order valence-electron chi connectivity index (χ2n) is 4.73. The van der Waals surface area contributed by atoms with Crippen molar-refractivity contribution >= 4 is 17.7 Å². The summed E-state index contributed by atoms with van der Waals surface area (Å²) in [7, 11) is 0. The van der Waals surface area contributed by atoms with Crippen LogP contribution in [-0.2, 0) is 19.1 Å². The van der Waals surface area contributed by atoms with Crippen LogP contribution in [0.25, 0.3) is 0 Å². The normalized spacial score (nSPS) is 32.3. The first-order valence-corrected chi connectivity index (χ1v) is 6.02. The van der Waals surface area contributed by atoms with Crippen molar-refractivity contribution in [1.29, 1.82) is 0 Å². The van der Waals surface area contributed by atoms with E-state index in [4.69, 9.17) is 14.9 Å². The van der Waals surface area contributed by atoms with Gasteiger partial charge in [0.25, 0.3) is 5.79 Å². The molecule has 1 aliphatic rings. The molecule has 0 aliphatic carbocycles. The Bertz CT molecular complexity index is 439. The summed E-state index contributed by atoms with van der Waals surface area (Å²) >= 11 is 0. The highest BCUT2D eigenvalue weighted by molar-refractivity contribution is 5.94. The molecule has 0 aromatic heterocycles. The number of hydrogen-bond donors (Lipinski definition) is 6. The summed E-state index contributed by atoms with van der Waals surface area (Å²) in [4.78, 5) is 33.9. The Hall–Kier alpha value is -1.59. The van der Waals surface area contributed by atoms with E-state index >= 15 is 0 Å². The lowest BCUT2D eigenvalue weighted by molar-refractivity contribution is -0.271. The topological polar surface area (TPSA) is 174 Å². The van der Waals surface area contributed by atoms with Gasteiger partial charge in [-0.3, -0.25) is 9.59 Å². The minimum atomic E-state index is -2.88. The predicted octanol–water partition coefficient (Wildman–Crippen LogP) is -3.66. The number of carboxylic acid groups (broad SMARTS) is 1. The quantitative estimate of drug-likeness (QED) is 0.299. The molecule has 1 heterocycles. The van der Waals surface area contributed by atoms with E-state index in [1.54, 1.807) is 0 Å². The number of ether oxygens (including phenoxy) is 1. The van der Waals surface area contributed by atoms with Crippen molar-refractivity contribution < 1.29 is 44.7 Å². The number of aliphatic hydroxyl groups excluding tert-OH is 3. The van der Waals surface area contributed by atoms with Gasteiger partial charge in [0.15, 0.2) is 5.78 Å². The largest absolute Gasteiger partial charge is 0.477 e.